The maximum atomic E-state index is 2.71. The van der Waals surface area contributed by atoms with Gasteiger partial charge in [0.05, 0.1) is 0 Å². The quantitative estimate of drug-likeness (QED) is 0.262. The Balaban J connectivity index is 0.00000243. The smallest absolute Gasteiger partial charge is 1.00 e. The van der Waals surface area contributed by atoms with Gasteiger partial charge in [-0.25, -0.2) is 0 Å². The van der Waals surface area contributed by atoms with Gasteiger partial charge in [-0.3, -0.25) is 0 Å². The van der Waals surface area contributed by atoms with Gasteiger partial charge in [0.2, 0.25) is 0 Å². The third-order valence-corrected chi connectivity index (χ3v) is 20.9. The first-order valence-electron chi connectivity index (χ1n) is 18.5. The number of rotatable bonds is 5. The van der Waals surface area contributed by atoms with E-state index in [-0.39, 0.29) is 41.1 Å². The number of hydrogen-bond acceptors (Lipinski definition) is 0. The first-order chi connectivity index (χ1) is 22.5. The summed E-state index contributed by atoms with van der Waals surface area (Å²) < 4.78 is 4.02. The molecule has 1 atom stereocenters. The monoisotopic (exact) mass is 780 g/mol. The fraction of sp³-hybridized carbons (Fsp3) is 0.426. The average Bonchev–Trinajstić information content (AvgIpc) is 3.68. The molecule has 0 aliphatic heterocycles. The van der Waals surface area contributed by atoms with E-state index < -0.39 is 21.3 Å². The summed E-state index contributed by atoms with van der Waals surface area (Å²) in [4.78, 5) is 0. The largest absolute Gasteiger partial charge is 1.00 e. The predicted octanol–water partition coefficient (Wildman–Crippen LogP) is 7.00. The van der Waals surface area contributed by atoms with Crippen molar-refractivity contribution in [2.45, 2.75) is 117 Å². The van der Waals surface area contributed by atoms with E-state index in [2.05, 4.69) is 157 Å². The van der Waals surface area contributed by atoms with Crippen molar-refractivity contribution in [2.75, 3.05) is 0 Å². The third kappa shape index (κ3) is 6.04. The van der Waals surface area contributed by atoms with Crippen LogP contribution in [0.5, 0.6) is 0 Å². The fourth-order valence-corrected chi connectivity index (χ4v) is 19.8. The standard InChI is InChI=1S/C25H25.C13H21.C9H10.2ClH.Zr/c1-14-12-24(3,4)22-8-16-7-17-9-23-19(15(2)13-25(23,5)6)11-21(17)20(16)10-18(14)22;1-6-10-8-11(7-2)12(9-10)13(3,4)5;1-3-9-6-4-8(2)5-7-9;;;/h7-13H,1-6H3;9-10H,6-7H2,1-5H3;4-7H,1-2H3;2*1H;/q;;;;;+2/p-2. The van der Waals surface area contributed by atoms with Gasteiger partial charge in [-0.1, -0.05) is 0 Å². The van der Waals surface area contributed by atoms with Crippen molar-refractivity contribution in [1.29, 1.82) is 0 Å². The van der Waals surface area contributed by atoms with Crippen LogP contribution < -0.4 is 24.8 Å². The molecule has 0 saturated heterocycles. The van der Waals surface area contributed by atoms with Crippen LogP contribution in [0.15, 0.2) is 81.2 Å². The minimum atomic E-state index is -2.76. The zero-order valence-corrected chi connectivity index (χ0v) is 36.6. The summed E-state index contributed by atoms with van der Waals surface area (Å²) >= 11 is -2.76. The summed E-state index contributed by atoms with van der Waals surface area (Å²) in [6, 6.07) is 20.2. The van der Waals surface area contributed by atoms with E-state index in [9.17, 15) is 0 Å². The Labute approximate surface area is 323 Å². The first kappa shape index (κ1) is 39.2. The van der Waals surface area contributed by atoms with Gasteiger partial charge in [0.1, 0.15) is 0 Å². The molecule has 0 N–H and O–H groups in total. The molecule has 7 rings (SSSR count). The van der Waals surface area contributed by atoms with Crippen LogP contribution in [0.2, 0.25) is 0 Å². The summed E-state index contributed by atoms with van der Waals surface area (Å²) in [5, 5.41) is 0. The minimum Gasteiger partial charge on any atom is -1.00 e. The van der Waals surface area contributed by atoms with E-state index in [4.69, 9.17) is 0 Å². The van der Waals surface area contributed by atoms with Crippen LogP contribution in [0.3, 0.4) is 0 Å². The molecular weight excluding hydrogens is 727 g/mol. The summed E-state index contributed by atoms with van der Waals surface area (Å²) in [6.45, 7) is 31.3. The molecule has 0 bridgehead atoms. The SMILES string of the molecule is CCC1=[C](/[Zr+2](=[C](/C)c2ccc(C)cc2)[CH]2c3cc4c(cc3-c3cc5c(cc32)C(C)(C)C=C5C)C(C)=CC4(C)C)C(CC)C=C1C(C)(C)C.[Cl-].[Cl-]. The van der Waals surface area contributed by atoms with Gasteiger partial charge in [0.15, 0.2) is 0 Å². The molecule has 0 saturated carbocycles. The number of aryl methyl sites for hydroxylation is 1. The molecule has 0 spiro atoms. The van der Waals surface area contributed by atoms with Crippen molar-refractivity contribution in [3.05, 3.63) is 126 Å². The van der Waals surface area contributed by atoms with Gasteiger partial charge in [0, 0.05) is 0 Å². The molecule has 4 aliphatic rings. The molecule has 0 radical (unpaired) electrons. The molecule has 0 nitrogen and oxygen atoms in total. The molecule has 0 aromatic heterocycles. The van der Waals surface area contributed by atoms with Crippen molar-refractivity contribution in [2.24, 2.45) is 11.3 Å². The molecule has 0 amide bonds. The van der Waals surface area contributed by atoms with Gasteiger partial charge < -0.3 is 24.8 Å². The Morgan fingerprint density at radius 1 is 0.720 bits per heavy atom. The van der Waals surface area contributed by atoms with Crippen molar-refractivity contribution in [3.8, 4) is 11.1 Å². The summed E-state index contributed by atoms with van der Waals surface area (Å²) in [7, 11) is 0. The van der Waals surface area contributed by atoms with Crippen LogP contribution in [-0.2, 0) is 32.1 Å². The molecule has 3 heteroatoms. The number of fused-ring (bicyclic) bond motifs is 5. The van der Waals surface area contributed by atoms with Crippen LogP contribution >= 0.6 is 0 Å². The number of hydrogen-bond donors (Lipinski definition) is 0. The molecule has 4 aliphatic carbocycles. The predicted molar refractivity (Wildman–Crippen MR) is 207 cm³/mol. The second-order valence-corrected chi connectivity index (χ2v) is 24.1. The Morgan fingerprint density at radius 2 is 1.20 bits per heavy atom. The fourth-order valence-electron chi connectivity index (χ4n) is 9.82. The first-order valence-corrected chi connectivity index (χ1v) is 22.4. The van der Waals surface area contributed by atoms with Gasteiger partial charge in [-0.05, 0) is 0 Å². The molecule has 3 aromatic carbocycles. The zero-order valence-electron chi connectivity index (χ0n) is 32.7. The van der Waals surface area contributed by atoms with Gasteiger partial charge in [0.25, 0.3) is 0 Å². The summed E-state index contributed by atoms with van der Waals surface area (Å²) in [5.74, 6) is 0.529. The topological polar surface area (TPSA) is 0 Å². The van der Waals surface area contributed by atoms with Crippen molar-refractivity contribution >= 4 is 14.4 Å². The molecule has 0 fully saturated rings. The zero-order chi connectivity index (χ0) is 34.7. The molecule has 1 unspecified atom stereocenters. The normalized spacial score (nSPS) is 19.8. The second kappa shape index (κ2) is 13.4. The van der Waals surface area contributed by atoms with E-state index in [0.717, 1.165) is 6.42 Å². The summed E-state index contributed by atoms with van der Waals surface area (Å²) in [5.41, 5.74) is 21.4. The Bertz CT molecular complexity index is 1970. The number of benzene rings is 3. The molecule has 50 heavy (non-hydrogen) atoms. The molecule has 262 valence electrons. The van der Waals surface area contributed by atoms with E-state index >= 15 is 0 Å². The Kier molecular flexibility index (Phi) is 10.5. The van der Waals surface area contributed by atoms with E-state index in [1.807, 2.05) is 3.28 Å². The van der Waals surface area contributed by atoms with Gasteiger partial charge in [-0.15, -0.1) is 0 Å². The van der Waals surface area contributed by atoms with Crippen LogP contribution in [0.25, 0.3) is 22.3 Å². The van der Waals surface area contributed by atoms with Gasteiger partial charge in [-0.2, -0.15) is 0 Å². The van der Waals surface area contributed by atoms with Crippen LogP contribution in [0.4, 0.5) is 0 Å². The van der Waals surface area contributed by atoms with Crippen LogP contribution in [0.1, 0.15) is 144 Å². The third-order valence-electron chi connectivity index (χ3n) is 12.1. The van der Waals surface area contributed by atoms with Crippen molar-refractivity contribution < 1.29 is 46.1 Å². The molecule has 3 aromatic rings. The minimum absolute atomic E-state index is 0. The Hall–Kier alpha value is -2.05. The van der Waals surface area contributed by atoms with E-state index in [0.29, 0.717) is 9.54 Å². The Morgan fingerprint density at radius 3 is 1.62 bits per heavy atom. The van der Waals surface area contributed by atoms with Crippen LogP contribution in [0, 0.1) is 18.3 Å². The molecule has 0 heterocycles. The van der Waals surface area contributed by atoms with Crippen molar-refractivity contribution in [1.82, 2.24) is 0 Å². The summed E-state index contributed by atoms with van der Waals surface area (Å²) in [6.07, 6.45) is 10.0. The maximum Gasteiger partial charge on any atom is -1.00 e. The van der Waals surface area contributed by atoms with Crippen molar-refractivity contribution in [3.63, 3.8) is 0 Å². The number of halogens is 2. The van der Waals surface area contributed by atoms with E-state index in [1.54, 1.807) is 25.5 Å². The average molecular weight is 783 g/mol. The second-order valence-electron chi connectivity index (χ2n) is 17.5. The van der Waals surface area contributed by atoms with E-state index in [1.165, 1.54) is 62.1 Å². The van der Waals surface area contributed by atoms with Crippen LogP contribution in [-0.4, -0.2) is 3.21 Å². The maximum absolute atomic E-state index is 2.76. The number of allylic oxidation sites excluding steroid dienone is 8. The van der Waals surface area contributed by atoms with Gasteiger partial charge >= 0.3 is 301 Å². The molecular formula is C47H56Cl2Zr.